The third kappa shape index (κ3) is 4.67. The number of hydrogen-bond donors (Lipinski definition) is 1. The Kier molecular flexibility index (Phi) is 5.35. The monoisotopic (exact) mass is 406 g/mol. The minimum Gasteiger partial charge on any atom is -0.484 e. The summed E-state index contributed by atoms with van der Waals surface area (Å²) < 4.78 is 11.2. The van der Waals surface area contributed by atoms with Gasteiger partial charge in [-0.3, -0.25) is 4.79 Å². The smallest absolute Gasteiger partial charge is 0.263 e. The van der Waals surface area contributed by atoms with E-state index in [1.54, 1.807) is 18.3 Å². The molecule has 4 aromatic rings. The Morgan fingerprint density at radius 1 is 1.14 bits per heavy atom. The van der Waals surface area contributed by atoms with E-state index in [0.717, 1.165) is 16.3 Å². The molecule has 0 aliphatic rings. The third-order valence-corrected chi connectivity index (χ3v) is 4.79. The number of aromatic nitrogens is 3. The van der Waals surface area contributed by atoms with Crippen molar-refractivity contribution in [3.8, 4) is 28.0 Å². The number of anilines is 1. The number of ether oxygens (including phenoxy) is 1. The number of amides is 1. The molecule has 0 bridgehead atoms. The van der Waals surface area contributed by atoms with Gasteiger partial charge >= 0.3 is 0 Å². The Hall–Kier alpha value is -3.52. The number of nitrogens with one attached hydrogen (secondary N) is 1. The number of rotatable bonds is 6. The van der Waals surface area contributed by atoms with E-state index in [1.165, 1.54) is 11.3 Å². The highest BCUT2D eigenvalue weighted by Gasteiger charge is 2.14. The quantitative estimate of drug-likeness (QED) is 0.507. The largest absolute Gasteiger partial charge is 0.484 e. The number of benzene rings is 1. The number of furan rings is 1. The third-order valence-electron chi connectivity index (χ3n) is 4.00. The van der Waals surface area contributed by atoms with Gasteiger partial charge in [-0.05, 0) is 38.1 Å². The van der Waals surface area contributed by atoms with Crippen LogP contribution in [0.5, 0.6) is 5.75 Å². The highest BCUT2D eigenvalue weighted by molar-refractivity contribution is 7.13. The van der Waals surface area contributed by atoms with Crippen molar-refractivity contribution in [2.24, 2.45) is 0 Å². The number of nitrogens with zero attached hydrogens (tertiary/aromatic N) is 3. The predicted octanol–water partition coefficient (Wildman–Crippen LogP) is 4.49. The van der Waals surface area contributed by atoms with Crippen molar-refractivity contribution in [2.75, 3.05) is 11.9 Å². The molecule has 0 fully saturated rings. The summed E-state index contributed by atoms with van der Waals surface area (Å²) in [7, 11) is 0. The molecule has 1 N–H and O–H groups in total. The molecule has 1 aromatic carbocycles. The summed E-state index contributed by atoms with van der Waals surface area (Å²) in [6.07, 6.45) is 1.70. The van der Waals surface area contributed by atoms with E-state index >= 15 is 0 Å². The van der Waals surface area contributed by atoms with Crippen molar-refractivity contribution in [1.82, 2.24) is 15.0 Å². The molecule has 7 nitrogen and oxygen atoms in total. The molecule has 0 radical (unpaired) electrons. The maximum atomic E-state index is 12.4. The van der Waals surface area contributed by atoms with Crippen LogP contribution in [0.15, 0.2) is 58.5 Å². The molecule has 3 heterocycles. The Balaban J connectivity index is 1.54. The maximum Gasteiger partial charge on any atom is 0.263 e. The molecule has 3 aromatic heterocycles. The zero-order valence-corrected chi connectivity index (χ0v) is 16.7. The molecule has 0 saturated heterocycles. The van der Waals surface area contributed by atoms with Gasteiger partial charge < -0.3 is 14.5 Å². The average molecular weight is 406 g/mol. The fraction of sp³-hybridized carbons (Fsp3) is 0.143. The fourth-order valence-corrected chi connectivity index (χ4v) is 3.20. The lowest BCUT2D eigenvalue weighted by Gasteiger charge is -2.09. The first-order chi connectivity index (χ1) is 14.1. The fourth-order valence-electron chi connectivity index (χ4n) is 2.60. The van der Waals surface area contributed by atoms with Gasteiger partial charge in [-0.1, -0.05) is 17.7 Å². The lowest BCUT2D eigenvalue weighted by Crippen LogP contribution is -2.21. The van der Waals surface area contributed by atoms with Gasteiger partial charge in [-0.25, -0.2) is 15.0 Å². The van der Waals surface area contributed by atoms with Crippen LogP contribution in [-0.2, 0) is 4.79 Å². The van der Waals surface area contributed by atoms with Crippen molar-refractivity contribution in [3.63, 3.8) is 0 Å². The summed E-state index contributed by atoms with van der Waals surface area (Å²) in [5.41, 5.74) is 1.73. The Morgan fingerprint density at radius 2 is 1.97 bits per heavy atom. The Bertz CT molecular complexity index is 1120. The van der Waals surface area contributed by atoms with Gasteiger partial charge in [0.1, 0.15) is 28.0 Å². The number of aryl methyl sites for hydroxylation is 2. The normalized spacial score (nSPS) is 10.7. The van der Waals surface area contributed by atoms with Gasteiger partial charge in [-0.2, -0.15) is 0 Å². The van der Waals surface area contributed by atoms with Gasteiger partial charge in [-0.15, -0.1) is 11.3 Å². The van der Waals surface area contributed by atoms with Crippen LogP contribution in [0, 0.1) is 13.8 Å². The van der Waals surface area contributed by atoms with Gasteiger partial charge in [0, 0.05) is 17.6 Å². The van der Waals surface area contributed by atoms with Crippen molar-refractivity contribution in [1.29, 1.82) is 0 Å². The van der Waals surface area contributed by atoms with Crippen molar-refractivity contribution >= 4 is 23.1 Å². The predicted molar refractivity (Wildman–Crippen MR) is 111 cm³/mol. The molecule has 0 saturated carbocycles. The van der Waals surface area contributed by atoms with Crippen LogP contribution in [0.1, 0.15) is 11.3 Å². The molecule has 0 spiro atoms. The molecular formula is C21H18N4O3S. The summed E-state index contributed by atoms with van der Waals surface area (Å²) in [4.78, 5) is 25.6. The second-order valence-corrected chi connectivity index (χ2v) is 7.25. The highest BCUT2D eigenvalue weighted by Crippen LogP contribution is 2.26. The first-order valence-corrected chi connectivity index (χ1v) is 9.80. The maximum absolute atomic E-state index is 12.4. The Morgan fingerprint density at radius 3 is 2.66 bits per heavy atom. The first-order valence-electron chi connectivity index (χ1n) is 8.92. The molecule has 0 unspecified atom stereocenters. The molecule has 4 rings (SSSR count). The van der Waals surface area contributed by atoms with E-state index in [4.69, 9.17) is 9.15 Å². The Labute approximate surface area is 171 Å². The summed E-state index contributed by atoms with van der Waals surface area (Å²) >= 11 is 1.45. The lowest BCUT2D eigenvalue weighted by atomic mass is 10.2. The van der Waals surface area contributed by atoms with Crippen LogP contribution in [0.4, 0.5) is 5.82 Å². The van der Waals surface area contributed by atoms with E-state index < -0.39 is 0 Å². The molecular weight excluding hydrogens is 388 g/mol. The van der Waals surface area contributed by atoms with Crippen molar-refractivity contribution in [3.05, 3.63) is 65.4 Å². The molecule has 1 amide bonds. The molecule has 0 aliphatic carbocycles. The van der Waals surface area contributed by atoms with Crippen molar-refractivity contribution < 1.29 is 13.9 Å². The van der Waals surface area contributed by atoms with E-state index in [9.17, 15) is 4.79 Å². The highest BCUT2D eigenvalue weighted by atomic mass is 32.1. The second-order valence-electron chi connectivity index (χ2n) is 6.36. The topological polar surface area (TPSA) is 90.1 Å². The SMILES string of the molecule is Cc1ccc(OCC(=O)Nc2cc(-c3nccs3)nc(-c3ccc(C)o3)n2)cc1. The van der Waals surface area contributed by atoms with Crippen molar-refractivity contribution in [2.45, 2.75) is 13.8 Å². The number of carbonyl (C=O) groups excluding carboxylic acids is 1. The lowest BCUT2D eigenvalue weighted by molar-refractivity contribution is -0.118. The van der Waals surface area contributed by atoms with Crippen LogP contribution in [0.3, 0.4) is 0 Å². The van der Waals surface area contributed by atoms with E-state index in [0.29, 0.717) is 28.8 Å². The van der Waals surface area contributed by atoms with Crippen LogP contribution < -0.4 is 10.1 Å². The van der Waals surface area contributed by atoms with Crippen LogP contribution in [-0.4, -0.2) is 27.5 Å². The van der Waals surface area contributed by atoms with E-state index in [-0.39, 0.29) is 12.5 Å². The van der Waals surface area contributed by atoms with Crippen LogP contribution in [0.25, 0.3) is 22.3 Å². The standard InChI is InChI=1S/C21H18N4O3S/c1-13-3-6-15(7-4-13)27-12-19(26)24-18-11-16(21-22-9-10-29-21)23-20(25-18)17-8-5-14(2)28-17/h3-11H,12H2,1-2H3,(H,23,24,25,26). The van der Waals surface area contributed by atoms with E-state index in [1.807, 2.05) is 49.6 Å². The molecule has 146 valence electrons. The van der Waals surface area contributed by atoms with Gasteiger partial charge in [0.15, 0.2) is 18.2 Å². The number of carbonyl (C=O) groups is 1. The van der Waals surface area contributed by atoms with E-state index in [2.05, 4.69) is 20.3 Å². The van der Waals surface area contributed by atoms with Crippen LogP contribution >= 0.6 is 11.3 Å². The average Bonchev–Trinajstić information content (AvgIpc) is 3.39. The second kappa shape index (κ2) is 8.24. The summed E-state index contributed by atoms with van der Waals surface area (Å²) in [6, 6.07) is 12.8. The summed E-state index contributed by atoms with van der Waals surface area (Å²) in [5.74, 6) is 2.31. The van der Waals surface area contributed by atoms with Gasteiger partial charge in [0.2, 0.25) is 0 Å². The minimum atomic E-state index is -0.323. The molecule has 0 atom stereocenters. The number of hydrogen-bond acceptors (Lipinski definition) is 7. The number of thiazole rings is 1. The van der Waals surface area contributed by atoms with Crippen LogP contribution in [0.2, 0.25) is 0 Å². The summed E-state index contributed by atoms with van der Waals surface area (Å²) in [6.45, 7) is 3.71. The molecule has 0 aliphatic heterocycles. The molecule has 29 heavy (non-hydrogen) atoms. The minimum absolute atomic E-state index is 0.130. The molecule has 8 heteroatoms. The first kappa shape index (κ1) is 18.8. The van der Waals surface area contributed by atoms with Gasteiger partial charge in [0.05, 0.1) is 0 Å². The van der Waals surface area contributed by atoms with Gasteiger partial charge in [0.25, 0.3) is 5.91 Å². The summed E-state index contributed by atoms with van der Waals surface area (Å²) in [5, 5.41) is 5.35. The zero-order valence-electron chi connectivity index (χ0n) is 15.9. The zero-order chi connectivity index (χ0) is 20.2.